The lowest BCUT2D eigenvalue weighted by atomic mass is 10.3. The number of carbonyl (C=O) groups excluding carboxylic acids is 1. The van der Waals surface area contributed by atoms with Crippen LogP contribution in [-0.4, -0.2) is 21.4 Å². The first kappa shape index (κ1) is 9.20. The van der Waals surface area contributed by atoms with Gasteiger partial charge in [0.25, 0.3) is 3.91 Å². The van der Waals surface area contributed by atoms with E-state index in [-0.39, 0.29) is 3.91 Å². The Balaban J connectivity index is 3.83. The Morgan fingerprint density at radius 3 is 2.11 bits per heavy atom. The van der Waals surface area contributed by atoms with Gasteiger partial charge in [0.15, 0.2) is 0 Å². The van der Waals surface area contributed by atoms with Crippen molar-refractivity contribution in [2.45, 2.75) is 26.8 Å². The van der Waals surface area contributed by atoms with E-state index in [1.165, 1.54) is 0 Å². The van der Waals surface area contributed by atoms with Gasteiger partial charge in [0, 0.05) is 35.2 Å². The third kappa shape index (κ3) is 3.03. The first-order valence-corrected chi connectivity index (χ1v) is 4.13. The Labute approximate surface area is 69.7 Å². The molecule has 0 aliphatic heterocycles. The molecule has 0 aromatic rings. The van der Waals surface area contributed by atoms with Crippen molar-refractivity contribution < 1.29 is 4.79 Å². The van der Waals surface area contributed by atoms with E-state index in [1.807, 2.05) is 20.8 Å². The van der Waals surface area contributed by atoms with Gasteiger partial charge in [-0.1, -0.05) is 0 Å². The van der Waals surface area contributed by atoms with Crippen LogP contribution in [0.5, 0.6) is 0 Å². The molecule has 3 heteroatoms. The molecule has 0 radical (unpaired) electrons. The van der Waals surface area contributed by atoms with Crippen LogP contribution >= 0.6 is 22.6 Å². The molecule has 0 fully saturated rings. The molecule has 0 aliphatic carbocycles. The second kappa shape index (κ2) is 4.09. The zero-order valence-corrected chi connectivity index (χ0v) is 8.18. The van der Waals surface area contributed by atoms with Crippen LogP contribution in [0.15, 0.2) is 0 Å². The third-order valence-corrected chi connectivity index (χ3v) is 1.81. The van der Waals surface area contributed by atoms with Gasteiger partial charge in [-0.3, -0.25) is 4.79 Å². The number of hydrogen-bond acceptors (Lipinski definition) is 1. The van der Waals surface area contributed by atoms with E-state index in [1.54, 1.807) is 27.5 Å². The van der Waals surface area contributed by atoms with Gasteiger partial charge in [-0.15, -0.1) is 0 Å². The summed E-state index contributed by atoms with van der Waals surface area (Å²) in [6.07, 6.45) is 0. The van der Waals surface area contributed by atoms with Crippen LogP contribution in [0.4, 0.5) is 4.79 Å². The van der Waals surface area contributed by atoms with E-state index in [0.717, 1.165) is 6.54 Å². The van der Waals surface area contributed by atoms with Gasteiger partial charge in [-0.05, 0) is 20.8 Å². The summed E-state index contributed by atoms with van der Waals surface area (Å²) >= 11 is 1.81. The first-order chi connectivity index (χ1) is 4.09. The number of halogens is 1. The zero-order valence-electron chi connectivity index (χ0n) is 6.02. The Morgan fingerprint density at radius 1 is 1.67 bits per heavy atom. The molecule has 0 bridgehead atoms. The van der Waals surface area contributed by atoms with Crippen molar-refractivity contribution >= 4 is 26.5 Å². The van der Waals surface area contributed by atoms with Crippen LogP contribution < -0.4 is 0 Å². The maximum Gasteiger partial charge on any atom is 0.283 e. The Kier molecular flexibility index (Phi) is 4.18. The summed E-state index contributed by atoms with van der Waals surface area (Å²) < 4.78 is 0.130. The minimum atomic E-state index is 0.130. The minimum absolute atomic E-state index is 0.130. The van der Waals surface area contributed by atoms with Crippen molar-refractivity contribution in [2.24, 2.45) is 0 Å². The highest BCUT2D eigenvalue weighted by Gasteiger charge is 2.09. The van der Waals surface area contributed by atoms with Crippen LogP contribution in [0.25, 0.3) is 0 Å². The Bertz CT molecular complexity index is 103. The molecule has 0 spiro atoms. The molecule has 9 heavy (non-hydrogen) atoms. The van der Waals surface area contributed by atoms with E-state index in [9.17, 15) is 4.79 Å². The average Bonchev–Trinajstić information content (AvgIpc) is 1.64. The predicted octanol–water partition coefficient (Wildman–Crippen LogP) is 2.27. The topological polar surface area (TPSA) is 20.3 Å². The van der Waals surface area contributed by atoms with Gasteiger partial charge < -0.3 is 4.90 Å². The van der Waals surface area contributed by atoms with Crippen LogP contribution in [0.2, 0.25) is 0 Å². The Hall–Kier alpha value is 0.200. The molecule has 0 rings (SSSR count). The van der Waals surface area contributed by atoms with Gasteiger partial charge in [0.05, 0.1) is 0 Å². The largest absolute Gasteiger partial charge is 0.332 e. The van der Waals surface area contributed by atoms with E-state index < -0.39 is 0 Å². The van der Waals surface area contributed by atoms with Crippen LogP contribution in [0.3, 0.4) is 0 Å². The summed E-state index contributed by atoms with van der Waals surface area (Å²) in [5, 5.41) is 0. The fourth-order valence-corrected chi connectivity index (χ4v) is 1.59. The van der Waals surface area contributed by atoms with Crippen molar-refractivity contribution in [3.63, 3.8) is 0 Å². The van der Waals surface area contributed by atoms with Gasteiger partial charge in [0.2, 0.25) is 0 Å². The maximum absolute atomic E-state index is 10.7. The number of nitrogens with zero attached hydrogens (tertiary/aromatic N) is 1. The zero-order chi connectivity index (χ0) is 7.44. The second-order valence-electron chi connectivity index (χ2n) is 2.13. The van der Waals surface area contributed by atoms with Gasteiger partial charge in [0.1, 0.15) is 0 Å². The van der Waals surface area contributed by atoms with Gasteiger partial charge in [-0.2, -0.15) is 0 Å². The first-order valence-electron chi connectivity index (χ1n) is 3.05. The highest BCUT2D eigenvalue weighted by atomic mass is 127. The van der Waals surface area contributed by atoms with Crippen molar-refractivity contribution in [3.05, 3.63) is 0 Å². The lowest BCUT2D eigenvalue weighted by Crippen LogP contribution is -2.32. The predicted molar refractivity (Wildman–Crippen MR) is 46.9 cm³/mol. The summed E-state index contributed by atoms with van der Waals surface area (Å²) in [6, 6.07) is 0.333. The molecule has 0 atom stereocenters. The lowest BCUT2D eigenvalue weighted by Gasteiger charge is -2.21. The quantitative estimate of drug-likeness (QED) is 0.412. The SMILES string of the molecule is CCN(C(=O)I)C(C)C. The monoisotopic (exact) mass is 241 g/mol. The molecule has 0 unspecified atom stereocenters. The molecule has 0 saturated heterocycles. The van der Waals surface area contributed by atoms with Crippen LogP contribution in [0, 0.1) is 0 Å². The van der Waals surface area contributed by atoms with Crippen LogP contribution in [0.1, 0.15) is 20.8 Å². The molecule has 1 amide bonds. The number of hydrogen-bond donors (Lipinski definition) is 0. The standard InChI is InChI=1S/C6H12INO/c1-4-8(5(2)3)6(7)9/h5H,4H2,1-3H3. The molecule has 0 heterocycles. The van der Waals surface area contributed by atoms with Gasteiger partial charge in [-0.25, -0.2) is 0 Å². The molecular formula is C6H12INO. The van der Waals surface area contributed by atoms with E-state index in [4.69, 9.17) is 0 Å². The molecule has 0 saturated carbocycles. The summed E-state index contributed by atoms with van der Waals surface area (Å²) in [5.74, 6) is 0. The molecule has 0 aromatic carbocycles. The van der Waals surface area contributed by atoms with Crippen LogP contribution in [-0.2, 0) is 0 Å². The average molecular weight is 241 g/mol. The number of rotatable bonds is 2. The van der Waals surface area contributed by atoms with E-state index in [0.29, 0.717) is 6.04 Å². The molecule has 2 nitrogen and oxygen atoms in total. The molecule has 0 aromatic heterocycles. The fourth-order valence-electron chi connectivity index (χ4n) is 0.692. The third-order valence-electron chi connectivity index (χ3n) is 1.19. The summed E-state index contributed by atoms with van der Waals surface area (Å²) in [6.45, 7) is 6.82. The number of carbonyl (C=O) groups is 1. The summed E-state index contributed by atoms with van der Waals surface area (Å²) in [7, 11) is 0. The van der Waals surface area contributed by atoms with E-state index >= 15 is 0 Å². The normalized spacial score (nSPS) is 9.89. The fraction of sp³-hybridized carbons (Fsp3) is 0.833. The van der Waals surface area contributed by atoms with Crippen molar-refractivity contribution in [2.75, 3.05) is 6.54 Å². The van der Waals surface area contributed by atoms with Crippen molar-refractivity contribution in [1.82, 2.24) is 4.90 Å². The molecular weight excluding hydrogens is 229 g/mol. The Morgan fingerprint density at radius 2 is 2.11 bits per heavy atom. The van der Waals surface area contributed by atoms with E-state index in [2.05, 4.69) is 0 Å². The molecule has 0 aliphatic rings. The van der Waals surface area contributed by atoms with Crippen molar-refractivity contribution in [3.8, 4) is 0 Å². The molecule has 54 valence electrons. The maximum atomic E-state index is 10.7. The summed E-state index contributed by atoms with van der Waals surface area (Å²) in [4.78, 5) is 12.5. The second-order valence-corrected chi connectivity index (χ2v) is 3.06. The minimum Gasteiger partial charge on any atom is -0.332 e. The lowest BCUT2D eigenvalue weighted by molar-refractivity contribution is 0.215. The highest BCUT2D eigenvalue weighted by molar-refractivity contribution is 14.1. The highest BCUT2D eigenvalue weighted by Crippen LogP contribution is 2.03. The smallest absolute Gasteiger partial charge is 0.283 e. The van der Waals surface area contributed by atoms with Gasteiger partial charge >= 0.3 is 0 Å². The van der Waals surface area contributed by atoms with Crippen molar-refractivity contribution in [1.29, 1.82) is 0 Å². The summed E-state index contributed by atoms with van der Waals surface area (Å²) in [5.41, 5.74) is 0. The molecule has 0 N–H and O–H groups in total. The number of amides is 1.